The van der Waals surface area contributed by atoms with Crippen LogP contribution in [0.25, 0.3) is 0 Å². The summed E-state index contributed by atoms with van der Waals surface area (Å²) in [6, 6.07) is 11.0. The quantitative estimate of drug-likeness (QED) is 0.771. The van der Waals surface area contributed by atoms with Crippen LogP contribution < -0.4 is 5.32 Å². The predicted octanol–water partition coefficient (Wildman–Crippen LogP) is 1.76. The normalized spacial score (nSPS) is 31.5. The van der Waals surface area contributed by atoms with Gasteiger partial charge in [0.05, 0.1) is 0 Å². The maximum Gasteiger partial charge on any atom is 0.0474 e. The van der Waals surface area contributed by atoms with Gasteiger partial charge in [-0.2, -0.15) is 0 Å². The Balaban J connectivity index is 2.06. The van der Waals surface area contributed by atoms with Gasteiger partial charge in [-0.1, -0.05) is 30.3 Å². The zero-order chi connectivity index (χ0) is 10.7. The van der Waals surface area contributed by atoms with E-state index in [1.54, 1.807) is 0 Å². The van der Waals surface area contributed by atoms with Gasteiger partial charge in [-0.05, 0) is 30.7 Å². The standard InChI is InChI=1S/C13H19NO/c1-10-13(9-15)7-12(8-14-10)11-5-3-2-4-6-11/h2-6,10,12-15H,7-9H2,1H3. The highest BCUT2D eigenvalue weighted by molar-refractivity contribution is 5.20. The molecular formula is C13H19NO. The third-order valence-electron chi connectivity index (χ3n) is 3.49. The van der Waals surface area contributed by atoms with Crippen molar-refractivity contribution in [2.75, 3.05) is 13.2 Å². The fourth-order valence-electron chi connectivity index (χ4n) is 2.36. The van der Waals surface area contributed by atoms with Crippen LogP contribution in [0.1, 0.15) is 24.8 Å². The van der Waals surface area contributed by atoms with E-state index in [-0.39, 0.29) is 6.61 Å². The largest absolute Gasteiger partial charge is 0.396 e. The highest BCUT2D eigenvalue weighted by Gasteiger charge is 2.27. The predicted molar refractivity (Wildman–Crippen MR) is 61.8 cm³/mol. The van der Waals surface area contributed by atoms with Crippen molar-refractivity contribution in [2.24, 2.45) is 5.92 Å². The van der Waals surface area contributed by atoms with E-state index in [0.29, 0.717) is 17.9 Å². The third-order valence-corrected chi connectivity index (χ3v) is 3.49. The molecule has 1 aliphatic heterocycles. The molecule has 2 N–H and O–H groups in total. The second-order valence-electron chi connectivity index (χ2n) is 4.48. The van der Waals surface area contributed by atoms with Crippen LogP contribution in [0.15, 0.2) is 30.3 Å². The van der Waals surface area contributed by atoms with Gasteiger partial charge in [0, 0.05) is 19.2 Å². The summed E-state index contributed by atoms with van der Waals surface area (Å²) in [6.07, 6.45) is 1.09. The average molecular weight is 205 g/mol. The average Bonchev–Trinajstić information content (AvgIpc) is 2.31. The molecule has 0 saturated carbocycles. The van der Waals surface area contributed by atoms with Gasteiger partial charge in [0.15, 0.2) is 0 Å². The Morgan fingerprint density at radius 2 is 2.07 bits per heavy atom. The van der Waals surface area contributed by atoms with Crippen molar-refractivity contribution < 1.29 is 5.11 Å². The van der Waals surface area contributed by atoms with Gasteiger partial charge in [0.2, 0.25) is 0 Å². The van der Waals surface area contributed by atoms with Crippen molar-refractivity contribution >= 4 is 0 Å². The number of hydrogen-bond donors (Lipinski definition) is 2. The minimum Gasteiger partial charge on any atom is -0.396 e. The number of rotatable bonds is 2. The molecule has 0 bridgehead atoms. The molecular weight excluding hydrogens is 186 g/mol. The number of nitrogens with one attached hydrogen (secondary N) is 1. The lowest BCUT2D eigenvalue weighted by Gasteiger charge is -2.34. The summed E-state index contributed by atoms with van der Waals surface area (Å²) in [5, 5.41) is 12.8. The second-order valence-corrected chi connectivity index (χ2v) is 4.48. The second kappa shape index (κ2) is 4.77. The lowest BCUT2D eigenvalue weighted by molar-refractivity contribution is 0.156. The molecule has 2 nitrogen and oxygen atoms in total. The highest BCUT2D eigenvalue weighted by atomic mass is 16.3. The van der Waals surface area contributed by atoms with Crippen LogP contribution in [0.2, 0.25) is 0 Å². The first kappa shape index (κ1) is 10.7. The van der Waals surface area contributed by atoms with Gasteiger partial charge in [0.25, 0.3) is 0 Å². The summed E-state index contributed by atoms with van der Waals surface area (Å²) < 4.78 is 0. The first-order valence-electron chi connectivity index (χ1n) is 5.70. The molecule has 0 spiro atoms. The lowest BCUT2D eigenvalue weighted by Crippen LogP contribution is -2.44. The molecule has 1 aromatic rings. The number of benzene rings is 1. The maximum atomic E-state index is 9.29. The molecule has 1 heterocycles. The van der Waals surface area contributed by atoms with Crippen molar-refractivity contribution in [2.45, 2.75) is 25.3 Å². The Kier molecular flexibility index (Phi) is 3.39. The Bertz CT molecular complexity index is 299. The zero-order valence-electron chi connectivity index (χ0n) is 9.19. The van der Waals surface area contributed by atoms with Crippen LogP contribution in [0.5, 0.6) is 0 Å². The summed E-state index contributed by atoms with van der Waals surface area (Å²) in [5.41, 5.74) is 1.38. The van der Waals surface area contributed by atoms with Gasteiger partial charge in [-0.25, -0.2) is 0 Å². The molecule has 1 saturated heterocycles. The summed E-state index contributed by atoms with van der Waals surface area (Å²) in [5.74, 6) is 0.948. The van der Waals surface area contributed by atoms with E-state index in [9.17, 15) is 5.11 Å². The van der Waals surface area contributed by atoms with Gasteiger partial charge < -0.3 is 10.4 Å². The van der Waals surface area contributed by atoms with E-state index < -0.39 is 0 Å². The maximum absolute atomic E-state index is 9.29. The Hall–Kier alpha value is -0.860. The fourth-order valence-corrected chi connectivity index (χ4v) is 2.36. The van der Waals surface area contributed by atoms with E-state index in [1.807, 2.05) is 6.07 Å². The molecule has 0 radical (unpaired) electrons. The zero-order valence-corrected chi connectivity index (χ0v) is 9.19. The monoisotopic (exact) mass is 205 g/mol. The third kappa shape index (κ3) is 2.39. The van der Waals surface area contributed by atoms with Crippen LogP contribution >= 0.6 is 0 Å². The Labute approximate surface area is 91.3 Å². The summed E-state index contributed by atoms with van der Waals surface area (Å²) in [7, 11) is 0. The molecule has 15 heavy (non-hydrogen) atoms. The van der Waals surface area contributed by atoms with E-state index in [0.717, 1.165) is 13.0 Å². The summed E-state index contributed by atoms with van der Waals surface area (Å²) in [6.45, 7) is 3.47. The van der Waals surface area contributed by atoms with Crippen LogP contribution in [-0.2, 0) is 0 Å². The van der Waals surface area contributed by atoms with Crippen molar-refractivity contribution in [3.8, 4) is 0 Å². The number of hydrogen-bond acceptors (Lipinski definition) is 2. The van der Waals surface area contributed by atoms with Gasteiger partial charge in [-0.3, -0.25) is 0 Å². The minimum atomic E-state index is 0.289. The van der Waals surface area contributed by atoms with E-state index in [2.05, 4.69) is 36.5 Å². The Morgan fingerprint density at radius 1 is 1.33 bits per heavy atom. The summed E-state index contributed by atoms with van der Waals surface area (Å²) in [4.78, 5) is 0. The molecule has 2 heteroatoms. The van der Waals surface area contributed by atoms with Crippen LogP contribution in [0.3, 0.4) is 0 Å². The fraction of sp³-hybridized carbons (Fsp3) is 0.538. The molecule has 1 aliphatic rings. The van der Waals surface area contributed by atoms with Crippen molar-refractivity contribution in [1.82, 2.24) is 5.32 Å². The van der Waals surface area contributed by atoms with Gasteiger partial charge in [0.1, 0.15) is 0 Å². The van der Waals surface area contributed by atoms with Crippen LogP contribution in [0.4, 0.5) is 0 Å². The molecule has 0 aromatic heterocycles. The first-order valence-corrected chi connectivity index (χ1v) is 5.70. The van der Waals surface area contributed by atoms with Crippen molar-refractivity contribution in [1.29, 1.82) is 0 Å². The summed E-state index contributed by atoms with van der Waals surface area (Å²) >= 11 is 0. The van der Waals surface area contributed by atoms with E-state index >= 15 is 0 Å². The van der Waals surface area contributed by atoms with Crippen molar-refractivity contribution in [3.63, 3.8) is 0 Å². The van der Waals surface area contributed by atoms with E-state index in [1.165, 1.54) is 5.56 Å². The highest BCUT2D eigenvalue weighted by Crippen LogP contribution is 2.28. The molecule has 82 valence electrons. The first-order chi connectivity index (χ1) is 7.31. The SMILES string of the molecule is CC1NCC(c2ccccc2)CC1CO. The Morgan fingerprint density at radius 3 is 2.73 bits per heavy atom. The molecule has 0 amide bonds. The minimum absolute atomic E-state index is 0.289. The van der Waals surface area contributed by atoms with Crippen molar-refractivity contribution in [3.05, 3.63) is 35.9 Å². The molecule has 2 rings (SSSR count). The number of aliphatic hydroxyl groups is 1. The van der Waals surface area contributed by atoms with E-state index in [4.69, 9.17) is 0 Å². The molecule has 3 atom stereocenters. The van der Waals surface area contributed by atoms with Gasteiger partial charge in [-0.15, -0.1) is 0 Å². The smallest absolute Gasteiger partial charge is 0.0474 e. The number of aliphatic hydroxyl groups excluding tert-OH is 1. The van der Waals surface area contributed by atoms with Crippen LogP contribution in [-0.4, -0.2) is 24.3 Å². The topological polar surface area (TPSA) is 32.3 Å². The van der Waals surface area contributed by atoms with Gasteiger partial charge >= 0.3 is 0 Å². The molecule has 1 fully saturated rings. The molecule has 3 unspecified atom stereocenters. The van der Waals surface area contributed by atoms with Crippen LogP contribution in [0, 0.1) is 5.92 Å². The molecule has 0 aliphatic carbocycles. The molecule has 1 aromatic carbocycles. The number of piperidine rings is 1. The lowest BCUT2D eigenvalue weighted by atomic mass is 9.82.